The highest BCUT2D eigenvalue weighted by Crippen LogP contribution is 2.24. The van der Waals surface area contributed by atoms with Crippen LogP contribution in [0.4, 0.5) is 11.5 Å². The summed E-state index contributed by atoms with van der Waals surface area (Å²) in [5.41, 5.74) is 7.26. The summed E-state index contributed by atoms with van der Waals surface area (Å²) < 4.78 is 5.52. The Kier molecular flexibility index (Phi) is 3.93. The second kappa shape index (κ2) is 6.19. The molecule has 5 heteroatoms. The fourth-order valence-electron chi connectivity index (χ4n) is 2.08. The summed E-state index contributed by atoms with van der Waals surface area (Å²) in [5.74, 6) is 1.56. The van der Waals surface area contributed by atoms with Crippen LogP contribution in [0.3, 0.4) is 0 Å². The van der Waals surface area contributed by atoms with Crippen molar-refractivity contribution in [1.29, 1.82) is 0 Å². The number of hydrogen-bond acceptors (Lipinski definition) is 5. The summed E-state index contributed by atoms with van der Waals surface area (Å²) in [6.07, 6.45) is 1.55. The van der Waals surface area contributed by atoms with Gasteiger partial charge >= 0.3 is 0 Å². The van der Waals surface area contributed by atoms with Crippen molar-refractivity contribution in [2.45, 2.75) is 0 Å². The van der Waals surface area contributed by atoms with Gasteiger partial charge in [-0.2, -0.15) is 0 Å². The van der Waals surface area contributed by atoms with Gasteiger partial charge in [0.2, 0.25) is 0 Å². The van der Waals surface area contributed by atoms with Crippen LogP contribution in [0, 0.1) is 0 Å². The zero-order chi connectivity index (χ0) is 14.5. The minimum absolute atomic E-state index is 0.494. The molecular formula is C16H16N4O. The van der Waals surface area contributed by atoms with Crippen molar-refractivity contribution in [2.24, 2.45) is 5.73 Å². The number of hydrogen-bond donors (Lipinski definition) is 2. The van der Waals surface area contributed by atoms with Crippen LogP contribution < -0.4 is 15.8 Å². The molecule has 0 radical (unpaired) electrons. The number of nitrogens with zero attached hydrogens (tertiary/aromatic N) is 2. The molecule has 0 aliphatic heterocycles. The Labute approximate surface area is 122 Å². The van der Waals surface area contributed by atoms with Crippen molar-refractivity contribution >= 4 is 22.4 Å². The molecule has 0 saturated heterocycles. The van der Waals surface area contributed by atoms with E-state index < -0.39 is 0 Å². The molecule has 1 heterocycles. The molecule has 0 unspecified atom stereocenters. The lowest BCUT2D eigenvalue weighted by Crippen LogP contribution is -2.10. The first-order valence-corrected chi connectivity index (χ1v) is 6.76. The highest BCUT2D eigenvalue weighted by Gasteiger charge is 2.04. The van der Waals surface area contributed by atoms with E-state index in [1.807, 2.05) is 48.5 Å². The van der Waals surface area contributed by atoms with E-state index in [4.69, 9.17) is 10.5 Å². The second-order valence-corrected chi connectivity index (χ2v) is 4.53. The normalized spacial score (nSPS) is 10.5. The Hall–Kier alpha value is -2.66. The van der Waals surface area contributed by atoms with Crippen LogP contribution in [-0.4, -0.2) is 23.1 Å². The monoisotopic (exact) mass is 280 g/mol. The van der Waals surface area contributed by atoms with Crippen LogP contribution in [0.25, 0.3) is 10.9 Å². The molecule has 2 aromatic carbocycles. The second-order valence-electron chi connectivity index (χ2n) is 4.53. The molecule has 1 aromatic heterocycles. The lowest BCUT2D eigenvalue weighted by molar-refractivity contribution is 0.328. The van der Waals surface area contributed by atoms with Crippen LogP contribution in [-0.2, 0) is 0 Å². The van der Waals surface area contributed by atoms with Gasteiger partial charge in [0, 0.05) is 23.7 Å². The first-order valence-electron chi connectivity index (χ1n) is 6.76. The summed E-state index contributed by atoms with van der Waals surface area (Å²) in [6, 6.07) is 15.6. The molecule has 3 rings (SSSR count). The van der Waals surface area contributed by atoms with Crippen LogP contribution >= 0.6 is 0 Å². The number of benzene rings is 2. The molecule has 106 valence electrons. The van der Waals surface area contributed by atoms with Gasteiger partial charge in [0.05, 0.1) is 5.52 Å². The van der Waals surface area contributed by atoms with Gasteiger partial charge in [0.15, 0.2) is 0 Å². The maximum Gasteiger partial charge on any atom is 0.141 e. The Morgan fingerprint density at radius 1 is 1.05 bits per heavy atom. The van der Waals surface area contributed by atoms with Crippen molar-refractivity contribution in [2.75, 3.05) is 18.5 Å². The quantitative estimate of drug-likeness (QED) is 0.751. The van der Waals surface area contributed by atoms with E-state index in [1.54, 1.807) is 6.33 Å². The lowest BCUT2D eigenvalue weighted by Gasteiger charge is -2.10. The number of aromatic nitrogens is 2. The molecule has 0 aliphatic rings. The van der Waals surface area contributed by atoms with E-state index in [-0.39, 0.29) is 0 Å². The molecule has 5 nitrogen and oxygen atoms in total. The predicted octanol–water partition coefficient (Wildman–Crippen LogP) is 2.71. The minimum atomic E-state index is 0.494. The molecule has 0 fully saturated rings. The fraction of sp³-hybridized carbons (Fsp3) is 0.125. The van der Waals surface area contributed by atoms with E-state index in [0.29, 0.717) is 13.2 Å². The predicted molar refractivity (Wildman–Crippen MR) is 83.8 cm³/mol. The van der Waals surface area contributed by atoms with Gasteiger partial charge in [-0.1, -0.05) is 18.2 Å². The molecule has 0 aliphatic carbocycles. The van der Waals surface area contributed by atoms with Gasteiger partial charge in [-0.3, -0.25) is 0 Å². The molecule has 3 aromatic rings. The van der Waals surface area contributed by atoms with E-state index >= 15 is 0 Å². The van der Waals surface area contributed by atoms with Crippen molar-refractivity contribution in [3.8, 4) is 5.75 Å². The van der Waals surface area contributed by atoms with E-state index in [9.17, 15) is 0 Å². The number of ether oxygens (including phenoxy) is 1. The maximum atomic E-state index is 5.52. The van der Waals surface area contributed by atoms with Crippen LogP contribution in [0.15, 0.2) is 54.9 Å². The highest BCUT2D eigenvalue weighted by molar-refractivity contribution is 5.90. The largest absolute Gasteiger partial charge is 0.492 e. The standard InChI is InChI=1S/C16H16N4O/c17-8-9-21-13-5-3-4-12(10-13)20-16-14-6-1-2-7-15(14)18-11-19-16/h1-7,10-11H,8-9,17H2,(H,18,19,20). The van der Waals surface area contributed by atoms with Crippen LogP contribution in [0.2, 0.25) is 0 Å². The Balaban J connectivity index is 1.88. The maximum absolute atomic E-state index is 5.52. The Bertz CT molecular complexity index is 740. The Morgan fingerprint density at radius 3 is 2.86 bits per heavy atom. The summed E-state index contributed by atoms with van der Waals surface area (Å²) in [5, 5.41) is 4.28. The average molecular weight is 280 g/mol. The van der Waals surface area contributed by atoms with Gasteiger partial charge in [-0.25, -0.2) is 9.97 Å². The van der Waals surface area contributed by atoms with Crippen molar-refractivity contribution in [3.63, 3.8) is 0 Å². The molecule has 0 bridgehead atoms. The summed E-state index contributed by atoms with van der Waals surface area (Å²) in [4.78, 5) is 8.56. The highest BCUT2D eigenvalue weighted by atomic mass is 16.5. The molecule has 0 atom stereocenters. The molecule has 0 amide bonds. The fourth-order valence-corrected chi connectivity index (χ4v) is 2.08. The van der Waals surface area contributed by atoms with Crippen LogP contribution in [0.5, 0.6) is 5.75 Å². The van der Waals surface area contributed by atoms with Crippen LogP contribution in [0.1, 0.15) is 0 Å². The smallest absolute Gasteiger partial charge is 0.141 e. The van der Waals surface area contributed by atoms with Gasteiger partial charge in [0.1, 0.15) is 24.5 Å². The molecule has 3 N–H and O–H groups in total. The third-order valence-electron chi connectivity index (χ3n) is 3.03. The van der Waals surface area contributed by atoms with Gasteiger partial charge in [0.25, 0.3) is 0 Å². The Morgan fingerprint density at radius 2 is 1.95 bits per heavy atom. The lowest BCUT2D eigenvalue weighted by atomic mass is 10.2. The number of rotatable bonds is 5. The van der Waals surface area contributed by atoms with Gasteiger partial charge in [-0.05, 0) is 24.3 Å². The summed E-state index contributed by atoms with van der Waals surface area (Å²) >= 11 is 0. The third-order valence-corrected chi connectivity index (χ3v) is 3.03. The van der Waals surface area contributed by atoms with Gasteiger partial charge in [-0.15, -0.1) is 0 Å². The van der Waals surface area contributed by atoms with E-state index in [2.05, 4.69) is 15.3 Å². The van der Waals surface area contributed by atoms with Crippen molar-refractivity contribution in [3.05, 3.63) is 54.9 Å². The minimum Gasteiger partial charge on any atom is -0.492 e. The molecule has 21 heavy (non-hydrogen) atoms. The average Bonchev–Trinajstić information content (AvgIpc) is 2.54. The molecule has 0 spiro atoms. The first kappa shape index (κ1) is 13.3. The zero-order valence-corrected chi connectivity index (χ0v) is 11.5. The molecular weight excluding hydrogens is 264 g/mol. The molecule has 0 saturated carbocycles. The zero-order valence-electron chi connectivity index (χ0n) is 11.5. The van der Waals surface area contributed by atoms with E-state index in [0.717, 1.165) is 28.2 Å². The van der Waals surface area contributed by atoms with E-state index in [1.165, 1.54) is 0 Å². The van der Waals surface area contributed by atoms with Gasteiger partial charge < -0.3 is 15.8 Å². The topological polar surface area (TPSA) is 73.1 Å². The number of nitrogens with two attached hydrogens (primary N) is 1. The number of para-hydroxylation sites is 1. The van der Waals surface area contributed by atoms with Crippen molar-refractivity contribution in [1.82, 2.24) is 9.97 Å². The SMILES string of the molecule is NCCOc1cccc(Nc2ncnc3ccccc23)c1. The number of anilines is 2. The number of fused-ring (bicyclic) bond motifs is 1. The first-order chi connectivity index (χ1) is 10.4. The summed E-state index contributed by atoms with van der Waals surface area (Å²) in [7, 11) is 0. The third kappa shape index (κ3) is 3.09. The number of nitrogens with one attached hydrogen (secondary N) is 1. The van der Waals surface area contributed by atoms with Crippen molar-refractivity contribution < 1.29 is 4.74 Å². The summed E-state index contributed by atoms with van der Waals surface area (Å²) in [6.45, 7) is 0.994.